The van der Waals surface area contributed by atoms with Gasteiger partial charge in [0.15, 0.2) is 0 Å². The lowest BCUT2D eigenvalue weighted by Gasteiger charge is -2.19. The maximum Gasteiger partial charge on any atom is 0.281 e. The predicted molar refractivity (Wildman–Crippen MR) is 81.8 cm³/mol. The van der Waals surface area contributed by atoms with Gasteiger partial charge in [-0.2, -0.15) is 0 Å². The van der Waals surface area contributed by atoms with Gasteiger partial charge in [0.25, 0.3) is 11.4 Å². The minimum Gasteiger partial charge on any atom is -0.392 e. The van der Waals surface area contributed by atoms with Crippen molar-refractivity contribution in [1.82, 2.24) is 5.32 Å². The molecule has 2 unspecified atom stereocenters. The molecule has 8 heteroatoms. The first-order valence-corrected chi connectivity index (χ1v) is 7.18. The maximum absolute atomic E-state index is 11.3. The molecule has 1 rings (SSSR count). The van der Waals surface area contributed by atoms with Gasteiger partial charge in [-0.15, -0.1) is 0 Å². The van der Waals surface area contributed by atoms with Crippen LogP contribution in [0.4, 0.5) is 11.4 Å². The summed E-state index contributed by atoms with van der Waals surface area (Å²) in [5.74, 6) is 0. The van der Waals surface area contributed by atoms with Gasteiger partial charge in [-0.05, 0) is 25.3 Å². The second-order valence-corrected chi connectivity index (χ2v) is 5.13. The van der Waals surface area contributed by atoms with Crippen LogP contribution in [-0.4, -0.2) is 27.6 Å². The Kier molecular flexibility index (Phi) is 6.39. The number of aliphatic hydroxyl groups excluding tert-OH is 1. The van der Waals surface area contributed by atoms with Crippen LogP contribution in [0, 0.1) is 20.2 Å². The average Bonchev–Trinajstić information content (AvgIpc) is 2.46. The van der Waals surface area contributed by atoms with Crippen molar-refractivity contribution in [1.29, 1.82) is 0 Å². The lowest BCUT2D eigenvalue weighted by atomic mass is 9.97. The lowest BCUT2D eigenvalue weighted by molar-refractivity contribution is -0.396. The molecule has 0 bridgehead atoms. The topological polar surface area (TPSA) is 119 Å². The van der Waals surface area contributed by atoms with Crippen LogP contribution in [0.15, 0.2) is 12.1 Å². The third-order valence-corrected chi connectivity index (χ3v) is 3.41. The molecule has 0 aliphatic rings. The molecule has 8 nitrogen and oxygen atoms in total. The van der Waals surface area contributed by atoms with E-state index in [4.69, 9.17) is 0 Å². The van der Waals surface area contributed by atoms with Crippen molar-refractivity contribution < 1.29 is 15.0 Å². The zero-order valence-corrected chi connectivity index (χ0v) is 12.9. The standard InChI is InChI=1S/C14H21N3O5/c1-4-10-6-12(16(19)20)14(13(7-10)17(21)22)11(5-2)15-8-9(3)18/h6-7,9,11,15,18H,4-5,8H2,1-3H3. The molecule has 2 atom stereocenters. The Hall–Kier alpha value is -2.06. The van der Waals surface area contributed by atoms with Crippen molar-refractivity contribution in [2.45, 2.75) is 45.8 Å². The van der Waals surface area contributed by atoms with Gasteiger partial charge in [0.05, 0.1) is 16.0 Å². The molecule has 0 saturated heterocycles. The van der Waals surface area contributed by atoms with E-state index in [1.165, 1.54) is 12.1 Å². The highest BCUT2D eigenvalue weighted by molar-refractivity contribution is 5.58. The van der Waals surface area contributed by atoms with Crippen molar-refractivity contribution in [2.75, 3.05) is 6.54 Å². The van der Waals surface area contributed by atoms with Gasteiger partial charge in [-0.25, -0.2) is 0 Å². The van der Waals surface area contributed by atoms with Crippen LogP contribution in [0.3, 0.4) is 0 Å². The van der Waals surface area contributed by atoms with Gasteiger partial charge in [0.2, 0.25) is 0 Å². The molecule has 0 fully saturated rings. The molecular weight excluding hydrogens is 290 g/mol. The predicted octanol–water partition coefficient (Wildman–Crippen LogP) is 2.49. The van der Waals surface area contributed by atoms with E-state index in [1.54, 1.807) is 20.8 Å². The lowest BCUT2D eigenvalue weighted by Crippen LogP contribution is -2.29. The number of aryl methyl sites for hydroxylation is 1. The summed E-state index contributed by atoms with van der Waals surface area (Å²) in [7, 11) is 0. The average molecular weight is 311 g/mol. The van der Waals surface area contributed by atoms with Crippen LogP contribution in [0.25, 0.3) is 0 Å². The molecule has 0 amide bonds. The third-order valence-electron chi connectivity index (χ3n) is 3.41. The first-order chi connectivity index (χ1) is 10.3. The van der Waals surface area contributed by atoms with Crippen LogP contribution in [0.1, 0.15) is 44.4 Å². The van der Waals surface area contributed by atoms with E-state index in [9.17, 15) is 25.3 Å². The number of hydrogen-bond acceptors (Lipinski definition) is 6. The van der Waals surface area contributed by atoms with Crippen molar-refractivity contribution in [2.24, 2.45) is 0 Å². The molecular formula is C14H21N3O5. The number of nitrogens with one attached hydrogen (secondary N) is 1. The van der Waals surface area contributed by atoms with Crippen LogP contribution in [0.5, 0.6) is 0 Å². The Morgan fingerprint density at radius 2 is 1.68 bits per heavy atom. The Labute approximate surface area is 128 Å². The molecule has 1 aromatic carbocycles. The first-order valence-electron chi connectivity index (χ1n) is 7.18. The number of benzene rings is 1. The molecule has 122 valence electrons. The van der Waals surface area contributed by atoms with Gasteiger partial charge >= 0.3 is 0 Å². The number of rotatable bonds is 8. The molecule has 0 spiro atoms. The molecule has 2 N–H and O–H groups in total. The summed E-state index contributed by atoms with van der Waals surface area (Å²) < 4.78 is 0. The molecule has 0 aromatic heterocycles. The molecule has 1 aromatic rings. The van der Waals surface area contributed by atoms with Crippen LogP contribution >= 0.6 is 0 Å². The van der Waals surface area contributed by atoms with Gasteiger partial charge in [0, 0.05) is 24.7 Å². The summed E-state index contributed by atoms with van der Waals surface area (Å²) in [4.78, 5) is 21.5. The Morgan fingerprint density at radius 3 is 2.00 bits per heavy atom. The number of aliphatic hydroxyl groups is 1. The first kappa shape index (κ1) is 18.0. The van der Waals surface area contributed by atoms with Gasteiger partial charge in [0.1, 0.15) is 5.56 Å². The highest BCUT2D eigenvalue weighted by atomic mass is 16.6. The summed E-state index contributed by atoms with van der Waals surface area (Å²) in [6.45, 7) is 5.33. The maximum atomic E-state index is 11.3. The molecule has 0 aliphatic heterocycles. The van der Waals surface area contributed by atoms with Crippen molar-refractivity contribution in [3.8, 4) is 0 Å². The van der Waals surface area contributed by atoms with Crippen LogP contribution < -0.4 is 5.32 Å². The fourth-order valence-electron chi connectivity index (χ4n) is 2.31. The Bertz CT molecular complexity index is 524. The summed E-state index contributed by atoms with van der Waals surface area (Å²) in [5, 5.41) is 35.0. The smallest absolute Gasteiger partial charge is 0.281 e. The fourth-order valence-corrected chi connectivity index (χ4v) is 2.31. The van der Waals surface area contributed by atoms with Gasteiger partial charge < -0.3 is 10.4 Å². The monoisotopic (exact) mass is 311 g/mol. The quantitative estimate of drug-likeness (QED) is 0.562. The third kappa shape index (κ3) is 4.22. The minimum atomic E-state index is -0.651. The summed E-state index contributed by atoms with van der Waals surface area (Å²) in [6.07, 6.45) is 0.252. The van der Waals surface area contributed by atoms with E-state index in [0.717, 1.165) is 0 Å². The Balaban J connectivity index is 3.45. The van der Waals surface area contributed by atoms with E-state index in [1.807, 2.05) is 0 Å². The van der Waals surface area contributed by atoms with Crippen molar-refractivity contribution in [3.05, 3.63) is 43.5 Å². The second kappa shape index (κ2) is 7.81. The molecule has 0 radical (unpaired) electrons. The summed E-state index contributed by atoms with van der Waals surface area (Å²) >= 11 is 0. The zero-order valence-electron chi connectivity index (χ0n) is 12.9. The normalized spacial score (nSPS) is 13.6. The van der Waals surface area contributed by atoms with Crippen LogP contribution in [-0.2, 0) is 6.42 Å². The van der Waals surface area contributed by atoms with E-state index in [-0.39, 0.29) is 23.5 Å². The van der Waals surface area contributed by atoms with E-state index in [2.05, 4.69) is 5.32 Å². The fraction of sp³-hybridized carbons (Fsp3) is 0.571. The minimum absolute atomic E-state index is 0.0651. The molecule has 22 heavy (non-hydrogen) atoms. The number of nitro benzene ring substituents is 2. The second-order valence-electron chi connectivity index (χ2n) is 5.13. The Morgan fingerprint density at radius 1 is 1.18 bits per heavy atom. The van der Waals surface area contributed by atoms with Crippen LogP contribution in [0.2, 0.25) is 0 Å². The van der Waals surface area contributed by atoms with E-state index >= 15 is 0 Å². The highest BCUT2D eigenvalue weighted by Crippen LogP contribution is 2.36. The van der Waals surface area contributed by atoms with Gasteiger partial charge in [-0.1, -0.05) is 13.8 Å². The van der Waals surface area contributed by atoms with Crippen molar-refractivity contribution in [3.63, 3.8) is 0 Å². The van der Waals surface area contributed by atoms with Gasteiger partial charge in [-0.3, -0.25) is 20.2 Å². The largest absolute Gasteiger partial charge is 0.392 e. The highest BCUT2D eigenvalue weighted by Gasteiger charge is 2.31. The summed E-state index contributed by atoms with van der Waals surface area (Å²) in [5.41, 5.74) is 0.106. The molecule has 0 aliphatic carbocycles. The van der Waals surface area contributed by atoms with Crippen molar-refractivity contribution >= 4 is 11.4 Å². The summed E-state index contributed by atoms with van der Waals surface area (Å²) in [6, 6.07) is 2.20. The molecule has 0 heterocycles. The van der Waals surface area contributed by atoms with E-state index in [0.29, 0.717) is 18.4 Å². The number of nitrogens with zero attached hydrogens (tertiary/aromatic N) is 2. The number of nitro groups is 2. The SMILES string of the molecule is CCc1cc([N+](=O)[O-])c(C(CC)NCC(C)O)c([N+](=O)[O-])c1. The zero-order chi connectivity index (χ0) is 16.9. The number of hydrogen-bond donors (Lipinski definition) is 2. The molecule has 0 saturated carbocycles. The van der Waals surface area contributed by atoms with E-state index < -0.39 is 22.0 Å².